The maximum absolute atomic E-state index is 14.8. The van der Waals surface area contributed by atoms with E-state index in [4.69, 9.17) is 51.9 Å². The molecule has 2 aromatic carbocycles. The minimum atomic E-state index is -0.478. The van der Waals surface area contributed by atoms with Crippen molar-refractivity contribution in [1.82, 2.24) is 9.97 Å². The van der Waals surface area contributed by atoms with E-state index < -0.39 is 23.9 Å². The number of carbonyl (C=O) groups excluding carboxylic acids is 4. The molecule has 4 aromatic rings. The SMILES string of the molecule is CC1=C(C(=O)OC2C(C(C)(C)C)CC(C)CC2C(C)(C)C)C(N)=N/C1=C(/C)c1[nH]c(N)c(C(=O)OC2C(C(C)(C)C)CC(C)CC2C(C)(C)C)c1C.CC1CC(C(C)(C)C)C(OC(=O)C2=C(c3ccccc3)/C(=C/c3[nH]c(N)c(C(=O)OC4C(C(C)(C)C)CC(C)CC4C(C)(C)C)c3-c3ccccc3)N=C2N)C(C(C)(C)C)C1. The first-order valence-electron chi connectivity index (χ1n) is 42.3. The molecule has 4 saturated carbocycles. The van der Waals surface area contributed by atoms with Gasteiger partial charge in [0.25, 0.3) is 0 Å². The summed E-state index contributed by atoms with van der Waals surface area (Å²) < 4.78 is 26.6. The fraction of sp³-hybridized carbons (Fsp3) is 0.649. The number of H-pyrrole nitrogens is 2. The number of amidine groups is 2. The fourth-order valence-corrected chi connectivity index (χ4v) is 20.4. The molecule has 4 heterocycles. The fourth-order valence-electron chi connectivity index (χ4n) is 20.4. The number of ether oxygens (including phenoxy) is 4. The summed E-state index contributed by atoms with van der Waals surface area (Å²) in [6.07, 6.45) is 8.70. The second-order valence-electron chi connectivity index (χ2n) is 44.2. The molecule has 16 nitrogen and oxygen atoms in total. The van der Waals surface area contributed by atoms with E-state index in [0.29, 0.717) is 79.9 Å². The molecule has 8 atom stereocenters. The Bertz CT molecular complexity index is 4250. The van der Waals surface area contributed by atoms with Crippen LogP contribution in [-0.2, 0) is 28.5 Å². The van der Waals surface area contributed by atoms with Crippen LogP contribution in [0, 0.1) is 121 Å². The van der Waals surface area contributed by atoms with Crippen LogP contribution in [0.1, 0.15) is 302 Å². The molecule has 0 amide bonds. The number of esters is 4. The van der Waals surface area contributed by atoms with Gasteiger partial charge in [0.05, 0.1) is 17.1 Å². The molecule has 4 fully saturated rings. The third kappa shape index (κ3) is 19.6. The molecule has 0 spiro atoms. The van der Waals surface area contributed by atoms with Gasteiger partial charge in [0, 0.05) is 64.2 Å². The lowest BCUT2D eigenvalue weighted by atomic mass is 9.59. The number of anilines is 2. The third-order valence-electron chi connectivity index (χ3n) is 26.8. The van der Waals surface area contributed by atoms with Crippen molar-refractivity contribution in [3.8, 4) is 11.1 Å². The molecule has 0 bridgehead atoms. The quantitative estimate of drug-likeness (QED) is 0.0571. The Balaban J connectivity index is 0.000000263. The van der Waals surface area contributed by atoms with E-state index in [1.54, 1.807) is 0 Å². The van der Waals surface area contributed by atoms with Crippen LogP contribution < -0.4 is 22.9 Å². The van der Waals surface area contributed by atoms with Gasteiger partial charge in [0.15, 0.2) is 0 Å². The van der Waals surface area contributed by atoms with Crippen LogP contribution in [0.3, 0.4) is 0 Å². The van der Waals surface area contributed by atoms with Crippen molar-refractivity contribution in [3.63, 3.8) is 0 Å². The molecule has 4 aliphatic carbocycles. The maximum atomic E-state index is 14.8. The summed E-state index contributed by atoms with van der Waals surface area (Å²) in [4.78, 5) is 74.1. The van der Waals surface area contributed by atoms with Crippen LogP contribution in [-0.4, -0.2) is 69.9 Å². The van der Waals surface area contributed by atoms with Gasteiger partial charge >= 0.3 is 23.9 Å². The minimum absolute atomic E-state index is 0.0339. The molecule has 2 aromatic heterocycles. The minimum Gasteiger partial charge on any atom is -0.458 e. The first kappa shape index (κ1) is 89.3. The Kier molecular flexibility index (Phi) is 25.9. The van der Waals surface area contributed by atoms with Crippen LogP contribution in [0.5, 0.6) is 0 Å². The molecule has 8 unspecified atom stereocenters. The first-order valence-corrected chi connectivity index (χ1v) is 42.3. The predicted octanol–water partition coefficient (Wildman–Crippen LogP) is 22.6. The number of rotatable bonds is 12. The highest BCUT2D eigenvalue weighted by atomic mass is 16.6. The lowest BCUT2D eigenvalue weighted by molar-refractivity contribution is -0.165. The van der Waals surface area contributed by atoms with Gasteiger partial charge in [0.2, 0.25) is 0 Å². The molecule has 16 heteroatoms. The second-order valence-corrected chi connectivity index (χ2v) is 44.2. The number of nitrogen functional groups attached to an aromatic ring is 2. The number of carbonyl (C=O) groups is 4. The van der Waals surface area contributed by atoms with Crippen molar-refractivity contribution < 1.29 is 38.1 Å². The van der Waals surface area contributed by atoms with Gasteiger partial charge in [0.1, 0.15) is 70.0 Å². The zero-order chi connectivity index (χ0) is 84.6. The largest absolute Gasteiger partial charge is 0.458 e. The Morgan fingerprint density at radius 3 is 1.03 bits per heavy atom. The average molecular weight is 1550 g/mol. The Morgan fingerprint density at radius 1 is 0.398 bits per heavy atom. The number of benzene rings is 2. The van der Waals surface area contributed by atoms with Crippen LogP contribution in [0.2, 0.25) is 0 Å². The Hall–Kier alpha value is -7.62. The van der Waals surface area contributed by atoms with Crippen LogP contribution in [0.25, 0.3) is 28.3 Å². The molecule has 113 heavy (non-hydrogen) atoms. The van der Waals surface area contributed by atoms with Crippen LogP contribution in [0.4, 0.5) is 11.6 Å². The molecule has 622 valence electrons. The highest BCUT2D eigenvalue weighted by molar-refractivity contribution is 6.29. The summed E-state index contributed by atoms with van der Waals surface area (Å²) in [7, 11) is 0. The lowest BCUT2D eigenvalue weighted by Gasteiger charge is -2.50. The number of aromatic nitrogens is 2. The van der Waals surface area contributed by atoms with Crippen molar-refractivity contribution in [2.75, 3.05) is 11.5 Å². The molecule has 0 saturated heterocycles. The van der Waals surface area contributed by atoms with Gasteiger partial charge in [-0.25, -0.2) is 29.2 Å². The maximum Gasteiger partial charge on any atom is 0.342 e. The van der Waals surface area contributed by atoms with Gasteiger partial charge in [-0.05, 0) is 173 Å². The van der Waals surface area contributed by atoms with E-state index in [9.17, 15) is 19.2 Å². The number of nitrogens with two attached hydrogens (primary N) is 4. The summed E-state index contributed by atoms with van der Waals surface area (Å²) in [5.41, 5.74) is 34.5. The number of aromatic amines is 2. The highest BCUT2D eigenvalue weighted by Crippen LogP contribution is 2.56. The van der Waals surface area contributed by atoms with E-state index in [2.05, 4.69) is 204 Å². The van der Waals surface area contributed by atoms with Crippen molar-refractivity contribution in [2.45, 2.75) is 290 Å². The van der Waals surface area contributed by atoms with Gasteiger partial charge < -0.3 is 51.9 Å². The second kappa shape index (κ2) is 32.8. The Morgan fingerprint density at radius 2 is 0.690 bits per heavy atom. The van der Waals surface area contributed by atoms with Crippen LogP contribution >= 0.6 is 0 Å². The number of nitrogens with zero attached hydrogens (tertiary/aromatic N) is 2. The molecule has 10 N–H and O–H groups in total. The normalized spacial score (nSPS) is 28.6. The van der Waals surface area contributed by atoms with E-state index in [1.807, 2.05) is 87.5 Å². The van der Waals surface area contributed by atoms with Crippen molar-refractivity contribution in [3.05, 3.63) is 122 Å². The number of hydrogen-bond donors (Lipinski definition) is 6. The highest BCUT2D eigenvalue weighted by Gasteiger charge is 2.54. The average Bonchev–Trinajstić information content (AvgIpc) is 1.54. The van der Waals surface area contributed by atoms with E-state index in [-0.39, 0.29) is 150 Å². The Labute approximate surface area is 680 Å². The summed E-state index contributed by atoms with van der Waals surface area (Å²) >= 11 is 0. The zero-order valence-electron chi connectivity index (χ0n) is 75.2. The molecule has 0 radical (unpaired) electrons. The summed E-state index contributed by atoms with van der Waals surface area (Å²) in [5.74, 6) is 2.50. The lowest BCUT2D eigenvalue weighted by Crippen LogP contribution is -2.49. The van der Waals surface area contributed by atoms with Gasteiger partial charge in [-0.15, -0.1) is 0 Å². The molecular weight excluding hydrogens is 1410 g/mol. The van der Waals surface area contributed by atoms with Crippen molar-refractivity contribution in [2.24, 2.45) is 136 Å². The number of hydrogen-bond acceptors (Lipinski definition) is 14. The van der Waals surface area contributed by atoms with Gasteiger partial charge in [-0.1, -0.05) is 255 Å². The van der Waals surface area contributed by atoms with E-state index in [1.165, 1.54) is 0 Å². The topological polar surface area (TPSA) is 266 Å². The summed E-state index contributed by atoms with van der Waals surface area (Å²) in [6, 6.07) is 19.5. The number of aliphatic imine (C=N–C) groups is 2. The number of nitrogens with one attached hydrogen (secondary N) is 2. The first-order chi connectivity index (χ1) is 51.8. The monoisotopic (exact) mass is 1550 g/mol. The predicted molar refractivity (Wildman–Crippen MR) is 466 cm³/mol. The van der Waals surface area contributed by atoms with Gasteiger partial charge in [-0.3, -0.25) is 0 Å². The third-order valence-corrected chi connectivity index (χ3v) is 26.8. The van der Waals surface area contributed by atoms with Crippen LogP contribution in [0.15, 0.2) is 98.8 Å². The zero-order valence-corrected chi connectivity index (χ0v) is 75.2. The van der Waals surface area contributed by atoms with Crippen molar-refractivity contribution in [1.29, 1.82) is 0 Å². The molecule has 10 rings (SSSR count). The summed E-state index contributed by atoms with van der Waals surface area (Å²) in [5, 5.41) is 0. The van der Waals surface area contributed by atoms with Crippen molar-refractivity contribution >= 4 is 64.4 Å². The standard InChI is InChI=1S/C53H74N4O4.C44H72N4O4/c1-30-25-34(50(3,4)5)44(35(26-30)51(6,7)8)60-48(58)42-40(32-21-17-15-18-22-32)38(56-46(42)54)29-39-41(33-23-19-16-20-24-33)43(47(55)57-39)49(59)61-45-36(52(9,10)11)27-31(2)28-37(45)53(12,13)14;1-22-18-27(41(6,7)8)35(28(19-22)42(9,10)11)51-39(49)31-24(3)33(47-37(31)45)26(5)34-25(4)32(38(46)48-34)40(50)52-36-29(43(12,13)14)20-23(2)21-30(36)44(15,16)17/h15-24,29-31,34-37,44-45,56H,25-28,54H2,1-14H3,(H2,55,57);22-23,27-30,35-36,47H,18-21,45H2,1-17H3,(H2,46,48)/b39-29-;34-26-. The van der Waals surface area contributed by atoms with E-state index >= 15 is 0 Å². The van der Waals surface area contributed by atoms with E-state index in [0.717, 1.165) is 68.1 Å². The molecular formula is C97H146N8O8. The molecule has 6 aliphatic rings. The van der Waals surface area contributed by atoms with Gasteiger partial charge in [-0.2, -0.15) is 0 Å². The smallest absolute Gasteiger partial charge is 0.342 e. The summed E-state index contributed by atoms with van der Waals surface area (Å²) in [6.45, 7) is 68.8. The number of allylic oxidation sites excluding steroid dienone is 3. The molecule has 2 aliphatic heterocycles.